The average molecular weight is 257 g/mol. The maximum absolute atomic E-state index is 4.44. The van der Waals surface area contributed by atoms with Crippen LogP contribution in [-0.2, 0) is 6.54 Å². The quantitative estimate of drug-likeness (QED) is 0.912. The summed E-state index contributed by atoms with van der Waals surface area (Å²) in [5.41, 5.74) is 3.27. The van der Waals surface area contributed by atoms with Crippen molar-refractivity contribution >= 4 is 0 Å². The summed E-state index contributed by atoms with van der Waals surface area (Å²) in [5, 5.41) is 7.14. The van der Waals surface area contributed by atoms with Gasteiger partial charge >= 0.3 is 0 Å². The van der Waals surface area contributed by atoms with E-state index in [2.05, 4.69) is 31.1 Å². The van der Waals surface area contributed by atoms with Gasteiger partial charge in [0.1, 0.15) is 0 Å². The largest absolute Gasteiger partial charge is 0.297 e. The third kappa shape index (κ3) is 2.98. The van der Waals surface area contributed by atoms with E-state index < -0.39 is 0 Å². The number of aryl methyl sites for hydroxylation is 1. The first kappa shape index (κ1) is 12.3. The maximum Gasteiger partial charge on any atom is 0.0727 e. The van der Waals surface area contributed by atoms with Crippen LogP contribution in [0.4, 0.5) is 0 Å². The highest BCUT2D eigenvalue weighted by molar-refractivity contribution is 5.08. The van der Waals surface area contributed by atoms with Gasteiger partial charge < -0.3 is 0 Å². The second-order valence-electron chi connectivity index (χ2n) is 5.24. The fourth-order valence-corrected chi connectivity index (χ4v) is 2.68. The van der Waals surface area contributed by atoms with Crippen LogP contribution in [-0.4, -0.2) is 38.2 Å². The molecule has 19 heavy (non-hydrogen) atoms. The molecule has 5 heteroatoms. The summed E-state index contributed by atoms with van der Waals surface area (Å²) in [4.78, 5) is 11.2. The van der Waals surface area contributed by atoms with Crippen LogP contribution < -0.4 is 0 Å². The Kier molecular flexibility index (Phi) is 3.55. The number of hydrogen-bond acceptors (Lipinski definition) is 4. The molecule has 2 aromatic heterocycles. The van der Waals surface area contributed by atoms with Gasteiger partial charge in [0.2, 0.25) is 0 Å². The highest BCUT2D eigenvalue weighted by Gasteiger charge is 2.22. The van der Waals surface area contributed by atoms with Gasteiger partial charge in [-0.25, -0.2) is 0 Å². The number of H-pyrrole nitrogens is 1. The van der Waals surface area contributed by atoms with Crippen molar-refractivity contribution in [3.8, 4) is 0 Å². The van der Waals surface area contributed by atoms with Gasteiger partial charge in [-0.3, -0.25) is 20.0 Å². The minimum Gasteiger partial charge on any atom is -0.297 e. The summed E-state index contributed by atoms with van der Waals surface area (Å²) < 4.78 is 0. The molecule has 1 fully saturated rings. The molecule has 1 saturated heterocycles. The van der Waals surface area contributed by atoms with Crippen molar-refractivity contribution in [2.24, 2.45) is 0 Å². The van der Waals surface area contributed by atoms with Crippen LogP contribution >= 0.6 is 0 Å². The van der Waals surface area contributed by atoms with Crippen LogP contribution in [0.2, 0.25) is 0 Å². The Morgan fingerprint density at radius 2 is 2.32 bits per heavy atom. The molecule has 2 aromatic rings. The molecule has 1 atom stereocenters. The highest BCUT2D eigenvalue weighted by Crippen LogP contribution is 2.25. The lowest BCUT2D eigenvalue weighted by molar-refractivity contribution is 0.196. The number of rotatable bonds is 3. The van der Waals surface area contributed by atoms with Gasteiger partial charge in [0.05, 0.1) is 11.4 Å². The van der Waals surface area contributed by atoms with Crippen LogP contribution in [0.5, 0.6) is 0 Å². The average Bonchev–Trinajstić information content (AvgIpc) is 2.96. The zero-order chi connectivity index (χ0) is 13.1. The normalized spacial score (nSPS) is 20.6. The second-order valence-corrected chi connectivity index (χ2v) is 5.24. The van der Waals surface area contributed by atoms with E-state index in [0.29, 0.717) is 5.92 Å². The molecule has 1 unspecified atom stereocenters. The lowest BCUT2D eigenvalue weighted by atomic mass is 9.95. The van der Waals surface area contributed by atoms with E-state index >= 15 is 0 Å². The van der Waals surface area contributed by atoms with E-state index in [-0.39, 0.29) is 0 Å². The molecule has 0 radical (unpaired) electrons. The molecule has 0 aromatic carbocycles. The van der Waals surface area contributed by atoms with Gasteiger partial charge in [0.25, 0.3) is 0 Å². The van der Waals surface area contributed by atoms with Crippen molar-refractivity contribution in [2.45, 2.75) is 32.2 Å². The molecule has 5 nitrogen and oxygen atoms in total. The summed E-state index contributed by atoms with van der Waals surface area (Å²) >= 11 is 0. The van der Waals surface area contributed by atoms with Crippen molar-refractivity contribution in [3.05, 3.63) is 41.7 Å². The topological polar surface area (TPSA) is 57.7 Å². The number of nitrogens with zero attached hydrogens (tertiary/aromatic N) is 4. The minimum absolute atomic E-state index is 0.564. The Hall–Kier alpha value is -1.75. The van der Waals surface area contributed by atoms with Crippen LogP contribution in [0.15, 0.2) is 24.7 Å². The monoisotopic (exact) mass is 257 g/mol. The van der Waals surface area contributed by atoms with Gasteiger partial charge in [-0.05, 0) is 32.4 Å². The van der Waals surface area contributed by atoms with E-state index in [0.717, 1.165) is 31.0 Å². The maximum atomic E-state index is 4.44. The molecular formula is C14H19N5. The third-order valence-electron chi connectivity index (χ3n) is 3.69. The van der Waals surface area contributed by atoms with E-state index in [1.165, 1.54) is 18.5 Å². The van der Waals surface area contributed by atoms with Gasteiger partial charge in [0, 0.05) is 43.3 Å². The number of likely N-dealkylation sites (tertiary alicyclic amines) is 1. The van der Waals surface area contributed by atoms with E-state index in [4.69, 9.17) is 0 Å². The van der Waals surface area contributed by atoms with E-state index in [1.807, 2.05) is 25.5 Å². The molecule has 3 rings (SSSR count). The SMILES string of the molecule is Cc1cnc(CN2CCCC(c3ccn[nH]3)C2)cn1. The molecule has 1 N–H and O–H groups in total. The summed E-state index contributed by atoms with van der Waals surface area (Å²) in [6, 6.07) is 2.08. The molecule has 0 spiro atoms. The van der Waals surface area contributed by atoms with Crippen LogP contribution in [0.25, 0.3) is 0 Å². The first-order valence-electron chi connectivity index (χ1n) is 6.80. The number of hydrogen-bond donors (Lipinski definition) is 1. The first-order valence-corrected chi connectivity index (χ1v) is 6.80. The van der Waals surface area contributed by atoms with Gasteiger partial charge in [-0.2, -0.15) is 5.10 Å². The summed E-state index contributed by atoms with van der Waals surface area (Å²) in [6.45, 7) is 5.06. The molecule has 3 heterocycles. The number of nitrogens with one attached hydrogen (secondary N) is 1. The number of piperidine rings is 1. The zero-order valence-corrected chi connectivity index (χ0v) is 11.2. The van der Waals surface area contributed by atoms with Crippen LogP contribution in [0.3, 0.4) is 0 Å². The third-order valence-corrected chi connectivity index (χ3v) is 3.69. The van der Waals surface area contributed by atoms with E-state index in [1.54, 1.807) is 0 Å². The Balaban J connectivity index is 1.64. The van der Waals surface area contributed by atoms with Crippen molar-refractivity contribution in [3.63, 3.8) is 0 Å². The Morgan fingerprint density at radius 3 is 3.05 bits per heavy atom. The van der Waals surface area contributed by atoms with E-state index in [9.17, 15) is 0 Å². The predicted molar refractivity (Wildman–Crippen MR) is 72.6 cm³/mol. The molecule has 0 amide bonds. The number of aromatic nitrogens is 4. The molecule has 0 aliphatic carbocycles. The van der Waals surface area contributed by atoms with Crippen LogP contribution in [0, 0.1) is 6.92 Å². The molecule has 0 saturated carbocycles. The smallest absolute Gasteiger partial charge is 0.0727 e. The highest BCUT2D eigenvalue weighted by atomic mass is 15.2. The Bertz CT molecular complexity index is 505. The fraction of sp³-hybridized carbons (Fsp3) is 0.500. The standard InChI is InChI=1S/C14H19N5/c1-11-7-16-13(8-15-11)10-19-6-2-3-12(9-19)14-4-5-17-18-14/h4-5,7-8,12H,2-3,6,9-10H2,1H3,(H,17,18). The predicted octanol–water partition coefficient (Wildman–Crippen LogP) is 1.89. The van der Waals surface area contributed by atoms with Gasteiger partial charge in [-0.1, -0.05) is 0 Å². The first-order chi connectivity index (χ1) is 9.31. The molecule has 0 bridgehead atoms. The lowest BCUT2D eigenvalue weighted by Gasteiger charge is -2.31. The summed E-state index contributed by atoms with van der Waals surface area (Å²) in [5.74, 6) is 0.564. The molecular weight excluding hydrogens is 238 g/mol. The number of aromatic amines is 1. The summed E-state index contributed by atoms with van der Waals surface area (Å²) in [6.07, 6.45) is 8.02. The molecule has 1 aliphatic heterocycles. The Morgan fingerprint density at radius 1 is 1.37 bits per heavy atom. The summed E-state index contributed by atoms with van der Waals surface area (Å²) in [7, 11) is 0. The second kappa shape index (κ2) is 5.48. The fourth-order valence-electron chi connectivity index (χ4n) is 2.68. The van der Waals surface area contributed by atoms with Crippen molar-refractivity contribution in [2.75, 3.05) is 13.1 Å². The minimum atomic E-state index is 0.564. The lowest BCUT2D eigenvalue weighted by Crippen LogP contribution is -2.34. The Labute approximate surface area is 113 Å². The van der Waals surface area contributed by atoms with Gasteiger partial charge in [-0.15, -0.1) is 0 Å². The van der Waals surface area contributed by atoms with Crippen molar-refractivity contribution in [1.82, 2.24) is 25.1 Å². The van der Waals surface area contributed by atoms with Crippen molar-refractivity contribution < 1.29 is 0 Å². The zero-order valence-electron chi connectivity index (χ0n) is 11.2. The van der Waals surface area contributed by atoms with Crippen LogP contribution in [0.1, 0.15) is 35.8 Å². The molecule has 1 aliphatic rings. The molecule has 100 valence electrons. The van der Waals surface area contributed by atoms with Crippen molar-refractivity contribution in [1.29, 1.82) is 0 Å². The van der Waals surface area contributed by atoms with Gasteiger partial charge in [0.15, 0.2) is 0 Å².